The smallest absolute Gasteiger partial charge is 0.153 e. The Kier molecular flexibility index (Phi) is 3.34. The fourth-order valence-corrected chi connectivity index (χ4v) is 1.81. The van der Waals surface area contributed by atoms with Gasteiger partial charge in [0.15, 0.2) is 5.84 Å². The van der Waals surface area contributed by atoms with Gasteiger partial charge < -0.3 is 10.9 Å². The summed E-state index contributed by atoms with van der Waals surface area (Å²) in [5, 5.41) is 11.4. The maximum absolute atomic E-state index is 8.39. The zero-order valence-electron chi connectivity index (χ0n) is 7.53. The van der Waals surface area contributed by atoms with Crippen LogP contribution in [0.15, 0.2) is 5.16 Å². The van der Waals surface area contributed by atoms with Crippen molar-refractivity contribution in [2.45, 2.75) is 32.2 Å². The SMILES string of the molecule is CCC1CCCN1C/C(N)=N/O. The molecule has 0 amide bonds. The Morgan fingerprint density at radius 1 is 1.75 bits per heavy atom. The third-order valence-corrected chi connectivity index (χ3v) is 2.46. The molecule has 0 aliphatic carbocycles. The van der Waals surface area contributed by atoms with Crippen molar-refractivity contribution >= 4 is 5.84 Å². The zero-order chi connectivity index (χ0) is 8.97. The van der Waals surface area contributed by atoms with Gasteiger partial charge in [0.2, 0.25) is 0 Å². The number of oxime groups is 1. The van der Waals surface area contributed by atoms with Crippen molar-refractivity contribution in [3.05, 3.63) is 0 Å². The average Bonchev–Trinajstić information content (AvgIpc) is 2.51. The second-order valence-electron chi connectivity index (χ2n) is 3.27. The highest BCUT2D eigenvalue weighted by Gasteiger charge is 2.22. The van der Waals surface area contributed by atoms with Crippen molar-refractivity contribution in [3.63, 3.8) is 0 Å². The van der Waals surface area contributed by atoms with Gasteiger partial charge in [-0.25, -0.2) is 0 Å². The second kappa shape index (κ2) is 4.30. The Labute approximate surface area is 73.0 Å². The van der Waals surface area contributed by atoms with Crippen LogP contribution in [0.2, 0.25) is 0 Å². The molecule has 0 saturated carbocycles. The van der Waals surface area contributed by atoms with E-state index >= 15 is 0 Å². The lowest BCUT2D eigenvalue weighted by molar-refractivity contribution is 0.271. The maximum atomic E-state index is 8.39. The fraction of sp³-hybridized carbons (Fsp3) is 0.875. The molecule has 3 N–H and O–H groups in total. The lowest BCUT2D eigenvalue weighted by atomic mass is 10.2. The molecule has 1 atom stereocenters. The first-order valence-corrected chi connectivity index (χ1v) is 4.48. The van der Waals surface area contributed by atoms with Gasteiger partial charge in [-0.15, -0.1) is 0 Å². The Morgan fingerprint density at radius 2 is 2.50 bits per heavy atom. The normalized spacial score (nSPS) is 26.4. The predicted octanol–water partition coefficient (Wildman–Crippen LogP) is 0.607. The molecule has 12 heavy (non-hydrogen) atoms. The van der Waals surface area contributed by atoms with E-state index in [1.54, 1.807) is 0 Å². The summed E-state index contributed by atoms with van der Waals surface area (Å²) in [6, 6.07) is 0.630. The van der Waals surface area contributed by atoms with Crippen LogP contribution in [0.4, 0.5) is 0 Å². The van der Waals surface area contributed by atoms with Crippen molar-refractivity contribution in [2.24, 2.45) is 10.9 Å². The van der Waals surface area contributed by atoms with Crippen LogP contribution in [0, 0.1) is 0 Å². The Hall–Kier alpha value is -0.770. The van der Waals surface area contributed by atoms with Gasteiger partial charge in [-0.1, -0.05) is 12.1 Å². The molecule has 1 fully saturated rings. The van der Waals surface area contributed by atoms with Gasteiger partial charge in [0.1, 0.15) is 0 Å². The van der Waals surface area contributed by atoms with Crippen molar-refractivity contribution < 1.29 is 5.21 Å². The standard InChI is InChI=1S/C8H17N3O/c1-2-7-4-3-5-11(7)6-8(9)10-12/h7,12H,2-6H2,1H3,(H2,9,10). The van der Waals surface area contributed by atoms with Crippen molar-refractivity contribution in [1.29, 1.82) is 0 Å². The van der Waals surface area contributed by atoms with E-state index in [0.717, 1.165) is 13.0 Å². The third-order valence-electron chi connectivity index (χ3n) is 2.46. The maximum Gasteiger partial charge on any atom is 0.153 e. The first-order valence-electron chi connectivity index (χ1n) is 4.48. The fourth-order valence-electron chi connectivity index (χ4n) is 1.81. The van der Waals surface area contributed by atoms with Crippen LogP contribution in [-0.4, -0.2) is 35.1 Å². The van der Waals surface area contributed by atoms with Crippen LogP contribution in [0.5, 0.6) is 0 Å². The molecule has 0 aromatic rings. The quantitative estimate of drug-likeness (QED) is 0.283. The molecule has 70 valence electrons. The van der Waals surface area contributed by atoms with E-state index in [1.165, 1.54) is 12.8 Å². The van der Waals surface area contributed by atoms with Crippen LogP contribution >= 0.6 is 0 Å². The van der Waals surface area contributed by atoms with E-state index in [9.17, 15) is 0 Å². The van der Waals surface area contributed by atoms with Crippen LogP contribution in [0.1, 0.15) is 26.2 Å². The zero-order valence-corrected chi connectivity index (χ0v) is 7.53. The molecule has 0 aromatic heterocycles. The molecular weight excluding hydrogens is 154 g/mol. The molecule has 1 aliphatic heterocycles. The molecule has 0 aromatic carbocycles. The van der Waals surface area contributed by atoms with Crippen LogP contribution in [0.25, 0.3) is 0 Å². The summed E-state index contributed by atoms with van der Waals surface area (Å²) in [6.45, 7) is 3.86. The van der Waals surface area contributed by atoms with Crippen molar-refractivity contribution in [2.75, 3.05) is 13.1 Å². The van der Waals surface area contributed by atoms with Crippen LogP contribution in [0.3, 0.4) is 0 Å². The number of nitrogens with zero attached hydrogens (tertiary/aromatic N) is 2. The first-order chi connectivity index (χ1) is 5.77. The molecule has 1 unspecified atom stereocenters. The van der Waals surface area contributed by atoms with Gasteiger partial charge in [-0.2, -0.15) is 0 Å². The molecule has 0 radical (unpaired) electrons. The topological polar surface area (TPSA) is 61.8 Å². The van der Waals surface area contributed by atoms with Crippen LogP contribution in [-0.2, 0) is 0 Å². The molecule has 1 rings (SSSR count). The van der Waals surface area contributed by atoms with E-state index < -0.39 is 0 Å². The van der Waals surface area contributed by atoms with E-state index in [0.29, 0.717) is 18.4 Å². The van der Waals surface area contributed by atoms with Gasteiger partial charge in [-0.3, -0.25) is 4.90 Å². The molecule has 4 heteroatoms. The summed E-state index contributed by atoms with van der Waals surface area (Å²) >= 11 is 0. The number of amidine groups is 1. The summed E-state index contributed by atoms with van der Waals surface area (Å²) in [6.07, 6.45) is 3.63. The Bertz CT molecular complexity index is 170. The monoisotopic (exact) mass is 171 g/mol. The third kappa shape index (κ3) is 2.11. The molecule has 1 aliphatic rings. The minimum absolute atomic E-state index is 0.315. The molecule has 0 spiro atoms. The minimum Gasteiger partial charge on any atom is -0.409 e. The summed E-state index contributed by atoms with van der Waals surface area (Å²) < 4.78 is 0. The van der Waals surface area contributed by atoms with E-state index in [4.69, 9.17) is 10.9 Å². The van der Waals surface area contributed by atoms with Gasteiger partial charge in [0, 0.05) is 6.04 Å². The largest absolute Gasteiger partial charge is 0.409 e. The predicted molar refractivity (Wildman–Crippen MR) is 48.3 cm³/mol. The van der Waals surface area contributed by atoms with Crippen LogP contribution < -0.4 is 5.73 Å². The van der Waals surface area contributed by atoms with E-state index in [2.05, 4.69) is 17.0 Å². The number of likely N-dealkylation sites (tertiary alicyclic amines) is 1. The van der Waals surface area contributed by atoms with E-state index in [1.807, 2.05) is 0 Å². The lowest BCUT2D eigenvalue weighted by Crippen LogP contribution is -2.37. The number of rotatable bonds is 3. The molecule has 1 heterocycles. The summed E-state index contributed by atoms with van der Waals surface area (Å²) in [5.74, 6) is 0.315. The Morgan fingerprint density at radius 3 is 3.08 bits per heavy atom. The summed E-state index contributed by atoms with van der Waals surface area (Å²) in [7, 11) is 0. The Balaban J connectivity index is 2.40. The minimum atomic E-state index is 0.315. The van der Waals surface area contributed by atoms with Gasteiger partial charge >= 0.3 is 0 Å². The van der Waals surface area contributed by atoms with Gasteiger partial charge in [0.05, 0.1) is 6.54 Å². The molecule has 1 saturated heterocycles. The average molecular weight is 171 g/mol. The molecular formula is C8H17N3O. The first kappa shape index (κ1) is 9.32. The van der Waals surface area contributed by atoms with E-state index in [-0.39, 0.29) is 0 Å². The lowest BCUT2D eigenvalue weighted by Gasteiger charge is -2.21. The summed E-state index contributed by atoms with van der Waals surface area (Å²) in [4.78, 5) is 2.27. The highest BCUT2D eigenvalue weighted by Crippen LogP contribution is 2.18. The highest BCUT2D eigenvalue weighted by atomic mass is 16.4. The van der Waals surface area contributed by atoms with Crippen molar-refractivity contribution in [1.82, 2.24) is 4.90 Å². The summed E-state index contributed by atoms with van der Waals surface area (Å²) in [5.41, 5.74) is 5.43. The number of nitrogens with two attached hydrogens (primary N) is 1. The highest BCUT2D eigenvalue weighted by molar-refractivity contribution is 5.81. The molecule has 0 bridgehead atoms. The number of hydrogen-bond acceptors (Lipinski definition) is 3. The number of hydrogen-bond donors (Lipinski definition) is 2. The molecule has 4 nitrogen and oxygen atoms in total. The van der Waals surface area contributed by atoms with Gasteiger partial charge in [0.25, 0.3) is 0 Å². The van der Waals surface area contributed by atoms with Gasteiger partial charge in [-0.05, 0) is 25.8 Å². The second-order valence-corrected chi connectivity index (χ2v) is 3.27. The van der Waals surface area contributed by atoms with Crippen molar-refractivity contribution in [3.8, 4) is 0 Å².